The predicted molar refractivity (Wildman–Crippen MR) is 97.4 cm³/mol. The van der Waals surface area contributed by atoms with Gasteiger partial charge in [-0.05, 0) is 42.8 Å². The molecule has 5 nitrogen and oxygen atoms in total. The number of carbonyl (C=O) groups is 2. The Bertz CT molecular complexity index is 801. The molecule has 0 heterocycles. The summed E-state index contributed by atoms with van der Waals surface area (Å²) in [7, 11) is 0. The molecule has 132 valence electrons. The summed E-state index contributed by atoms with van der Waals surface area (Å²) in [4.78, 5) is 23.5. The molecule has 0 atom stereocenters. The molecule has 2 aromatic rings. The minimum absolute atomic E-state index is 0.0953. The first kappa shape index (κ1) is 19.2. The number of hydrogen-bond donors (Lipinski definition) is 2. The summed E-state index contributed by atoms with van der Waals surface area (Å²) in [5.74, 6) is -1.16. The van der Waals surface area contributed by atoms with E-state index in [4.69, 9.17) is 16.3 Å². The molecule has 2 aromatic carbocycles. The van der Waals surface area contributed by atoms with Crippen molar-refractivity contribution in [3.63, 3.8) is 0 Å². The maximum Gasteiger partial charge on any atom is 0.258 e. The number of carbonyl (C=O) groups excluding carboxylic acids is 2. The van der Waals surface area contributed by atoms with Gasteiger partial charge in [0.15, 0.2) is 6.61 Å². The molecule has 0 bridgehead atoms. The molecule has 0 radical (unpaired) electrons. The number of nitrogens with one attached hydrogen (secondary N) is 2. The molecule has 0 aromatic heterocycles. The summed E-state index contributed by atoms with van der Waals surface area (Å²) in [6, 6.07) is 9.15. The molecule has 0 unspecified atom stereocenters. The van der Waals surface area contributed by atoms with Crippen molar-refractivity contribution in [3.05, 3.63) is 57.3 Å². The van der Waals surface area contributed by atoms with Gasteiger partial charge < -0.3 is 15.4 Å². The van der Waals surface area contributed by atoms with Crippen LogP contribution in [0.2, 0.25) is 5.02 Å². The third kappa shape index (κ3) is 6.03. The fourth-order valence-corrected chi connectivity index (χ4v) is 2.29. The second kappa shape index (κ2) is 8.82. The summed E-state index contributed by atoms with van der Waals surface area (Å²) in [5.41, 5.74) is 1.62. The van der Waals surface area contributed by atoms with Gasteiger partial charge in [-0.1, -0.05) is 27.5 Å². The molecule has 0 aliphatic rings. The van der Waals surface area contributed by atoms with E-state index >= 15 is 0 Å². The summed E-state index contributed by atoms with van der Waals surface area (Å²) in [6.07, 6.45) is 0. The lowest BCUT2D eigenvalue weighted by Gasteiger charge is -2.09. The van der Waals surface area contributed by atoms with Gasteiger partial charge in [0, 0.05) is 16.2 Å². The van der Waals surface area contributed by atoms with Crippen LogP contribution in [0, 0.1) is 12.7 Å². The van der Waals surface area contributed by atoms with Gasteiger partial charge in [-0.2, -0.15) is 0 Å². The largest absolute Gasteiger partial charge is 0.484 e. The van der Waals surface area contributed by atoms with Crippen LogP contribution < -0.4 is 15.4 Å². The van der Waals surface area contributed by atoms with E-state index in [2.05, 4.69) is 26.6 Å². The molecule has 0 saturated heterocycles. The molecule has 2 rings (SSSR count). The van der Waals surface area contributed by atoms with Crippen molar-refractivity contribution >= 4 is 45.0 Å². The maximum absolute atomic E-state index is 13.0. The van der Waals surface area contributed by atoms with E-state index in [0.29, 0.717) is 5.69 Å². The van der Waals surface area contributed by atoms with E-state index in [-0.39, 0.29) is 29.8 Å². The number of aryl methyl sites for hydroxylation is 1. The van der Waals surface area contributed by atoms with Gasteiger partial charge in [-0.15, -0.1) is 0 Å². The van der Waals surface area contributed by atoms with Crippen LogP contribution in [0.15, 0.2) is 40.9 Å². The molecule has 0 aliphatic heterocycles. The Kier molecular flexibility index (Phi) is 6.78. The van der Waals surface area contributed by atoms with E-state index in [0.717, 1.165) is 16.1 Å². The number of anilines is 1. The zero-order valence-electron chi connectivity index (χ0n) is 13.2. The fourth-order valence-electron chi connectivity index (χ4n) is 1.87. The summed E-state index contributed by atoms with van der Waals surface area (Å²) in [6.45, 7) is 1.40. The zero-order valence-corrected chi connectivity index (χ0v) is 15.6. The average Bonchev–Trinajstić information content (AvgIpc) is 2.57. The normalized spacial score (nSPS) is 10.2. The molecule has 25 heavy (non-hydrogen) atoms. The number of hydrogen-bond acceptors (Lipinski definition) is 3. The van der Waals surface area contributed by atoms with Crippen molar-refractivity contribution in [2.75, 3.05) is 18.5 Å². The molecule has 8 heteroatoms. The average molecular weight is 430 g/mol. The summed E-state index contributed by atoms with van der Waals surface area (Å²) in [5, 5.41) is 5.02. The van der Waals surface area contributed by atoms with Crippen molar-refractivity contribution in [3.8, 4) is 5.75 Å². The number of amides is 2. The van der Waals surface area contributed by atoms with Gasteiger partial charge in [-0.3, -0.25) is 9.59 Å². The lowest BCUT2D eigenvalue weighted by atomic mass is 10.2. The van der Waals surface area contributed by atoms with Crippen molar-refractivity contribution in [1.29, 1.82) is 0 Å². The van der Waals surface area contributed by atoms with Crippen molar-refractivity contribution in [2.45, 2.75) is 6.92 Å². The van der Waals surface area contributed by atoms with Crippen LogP contribution in [-0.4, -0.2) is 25.0 Å². The molecule has 0 spiro atoms. The molecule has 0 saturated carbocycles. The van der Waals surface area contributed by atoms with Crippen LogP contribution >= 0.6 is 27.5 Å². The Labute approximate surface area is 157 Å². The quantitative estimate of drug-likeness (QED) is 0.736. The number of ether oxygens (including phenoxy) is 1. The maximum atomic E-state index is 13.0. The smallest absolute Gasteiger partial charge is 0.258 e. The van der Waals surface area contributed by atoms with Crippen molar-refractivity contribution < 1.29 is 18.7 Å². The number of halogens is 3. The van der Waals surface area contributed by atoms with Crippen LogP contribution in [-0.2, 0) is 9.59 Å². The van der Waals surface area contributed by atoms with Crippen LogP contribution in [0.1, 0.15) is 5.56 Å². The second-order valence-corrected chi connectivity index (χ2v) is 6.41. The molecule has 0 aliphatic carbocycles. The Morgan fingerprint density at radius 1 is 1.20 bits per heavy atom. The lowest BCUT2D eigenvalue weighted by molar-refractivity contribution is -0.125. The lowest BCUT2D eigenvalue weighted by Crippen LogP contribution is -2.35. The molecular formula is C17H15BrClFN2O3. The van der Waals surface area contributed by atoms with Crippen molar-refractivity contribution in [1.82, 2.24) is 5.32 Å². The van der Waals surface area contributed by atoms with Gasteiger partial charge in [0.2, 0.25) is 5.91 Å². The van der Waals surface area contributed by atoms with Gasteiger partial charge in [0.25, 0.3) is 5.91 Å². The SMILES string of the molecule is Cc1cc(NC(=O)CNC(=O)COc2ccc(F)c(Cl)c2)ccc1Br. The first-order valence-electron chi connectivity index (χ1n) is 7.25. The Morgan fingerprint density at radius 2 is 1.96 bits per heavy atom. The highest BCUT2D eigenvalue weighted by atomic mass is 79.9. The van der Waals surface area contributed by atoms with Gasteiger partial charge in [-0.25, -0.2) is 4.39 Å². The van der Waals surface area contributed by atoms with E-state index < -0.39 is 11.7 Å². The van der Waals surface area contributed by atoms with E-state index in [1.165, 1.54) is 12.1 Å². The van der Waals surface area contributed by atoms with E-state index in [1.54, 1.807) is 6.07 Å². The topological polar surface area (TPSA) is 67.4 Å². The molecule has 2 amide bonds. The first-order valence-corrected chi connectivity index (χ1v) is 8.43. The molecule has 0 fully saturated rings. The third-order valence-electron chi connectivity index (χ3n) is 3.15. The minimum Gasteiger partial charge on any atom is -0.484 e. The van der Waals surface area contributed by atoms with E-state index in [9.17, 15) is 14.0 Å². The number of rotatable bonds is 6. The Hall–Kier alpha value is -2.12. The summed E-state index contributed by atoms with van der Waals surface area (Å²) >= 11 is 9.00. The first-order chi connectivity index (χ1) is 11.8. The van der Waals surface area contributed by atoms with Crippen molar-refractivity contribution in [2.24, 2.45) is 0 Å². The monoisotopic (exact) mass is 428 g/mol. The highest BCUT2D eigenvalue weighted by molar-refractivity contribution is 9.10. The summed E-state index contributed by atoms with van der Waals surface area (Å²) < 4.78 is 19.1. The Morgan fingerprint density at radius 3 is 2.64 bits per heavy atom. The van der Waals surface area contributed by atoms with Gasteiger partial charge >= 0.3 is 0 Å². The molecule has 2 N–H and O–H groups in total. The predicted octanol–water partition coefficient (Wildman–Crippen LogP) is 3.68. The Balaban J connectivity index is 1.76. The molecular weight excluding hydrogens is 415 g/mol. The van der Waals surface area contributed by atoms with Crippen LogP contribution in [0.3, 0.4) is 0 Å². The highest BCUT2D eigenvalue weighted by Gasteiger charge is 2.08. The van der Waals surface area contributed by atoms with Crippen LogP contribution in [0.4, 0.5) is 10.1 Å². The van der Waals surface area contributed by atoms with E-state index in [1.807, 2.05) is 19.1 Å². The van der Waals surface area contributed by atoms with Gasteiger partial charge in [0.05, 0.1) is 11.6 Å². The standard InChI is InChI=1S/C17H15BrClFN2O3/c1-10-6-11(2-4-13(10)18)22-16(23)8-21-17(24)9-25-12-3-5-15(20)14(19)7-12/h2-7H,8-9H2,1H3,(H,21,24)(H,22,23). The third-order valence-corrected chi connectivity index (χ3v) is 4.33. The minimum atomic E-state index is -0.571. The van der Waals surface area contributed by atoms with Gasteiger partial charge in [0.1, 0.15) is 11.6 Å². The highest BCUT2D eigenvalue weighted by Crippen LogP contribution is 2.21. The van der Waals surface area contributed by atoms with Crippen LogP contribution in [0.5, 0.6) is 5.75 Å². The second-order valence-electron chi connectivity index (χ2n) is 5.15. The number of benzene rings is 2. The van der Waals surface area contributed by atoms with Crippen LogP contribution in [0.25, 0.3) is 0 Å². The fraction of sp³-hybridized carbons (Fsp3) is 0.176. The zero-order chi connectivity index (χ0) is 18.4.